The number of aliphatic hydroxyl groups is 1. The summed E-state index contributed by atoms with van der Waals surface area (Å²) in [6.45, 7) is 4.03. The smallest absolute Gasteiger partial charge is 0.413 e. The van der Waals surface area contributed by atoms with E-state index in [1.165, 1.54) is 24.3 Å². The molecule has 0 bridgehead atoms. The van der Waals surface area contributed by atoms with Crippen molar-refractivity contribution in [1.29, 1.82) is 5.26 Å². The molecule has 16 nitrogen and oxygen atoms in total. The number of rotatable bonds is 12. The van der Waals surface area contributed by atoms with Crippen molar-refractivity contribution in [3.8, 4) is 6.07 Å². The molecule has 0 aliphatic heterocycles. The SMILES string of the molecule is CO[C@H](COC(Cc1cccc(C#N)c1)(C(=O)O)C(=O)O)[C@@H](O)[C@H](F)n1cnc2c(NC(=O)OC(C)(C)C)nc(N)nc21. The van der Waals surface area contributed by atoms with Crippen molar-refractivity contribution in [2.24, 2.45) is 0 Å². The third-order valence-corrected chi connectivity index (χ3v) is 5.98. The minimum atomic E-state index is -2.87. The van der Waals surface area contributed by atoms with Crippen LogP contribution in [0, 0.1) is 11.3 Å². The highest BCUT2D eigenvalue weighted by Crippen LogP contribution is 2.28. The van der Waals surface area contributed by atoms with Crippen molar-refractivity contribution in [2.45, 2.75) is 56.9 Å². The van der Waals surface area contributed by atoms with E-state index in [1.807, 2.05) is 6.07 Å². The first kappa shape index (κ1) is 32.6. The normalized spacial score (nSPS) is 14.0. The van der Waals surface area contributed by atoms with Gasteiger partial charge < -0.3 is 35.3 Å². The molecule has 0 saturated heterocycles. The van der Waals surface area contributed by atoms with Crippen LogP contribution in [0.2, 0.25) is 0 Å². The number of nitrogens with two attached hydrogens (primary N) is 1. The van der Waals surface area contributed by atoms with Gasteiger partial charge in [0.2, 0.25) is 12.2 Å². The summed E-state index contributed by atoms with van der Waals surface area (Å²) < 4.78 is 32.1. The number of nitrogens with zero attached hydrogens (tertiary/aromatic N) is 5. The maximum Gasteiger partial charge on any atom is 0.413 e. The average Bonchev–Trinajstić information content (AvgIpc) is 3.34. The Labute approximate surface area is 243 Å². The van der Waals surface area contributed by atoms with Gasteiger partial charge in [-0.25, -0.2) is 23.8 Å². The molecule has 3 rings (SSSR count). The fourth-order valence-electron chi connectivity index (χ4n) is 3.93. The minimum Gasteiger partial charge on any atom is -0.479 e. The lowest BCUT2D eigenvalue weighted by molar-refractivity contribution is -0.192. The van der Waals surface area contributed by atoms with Crippen LogP contribution < -0.4 is 11.1 Å². The van der Waals surface area contributed by atoms with Crippen molar-refractivity contribution in [3.63, 3.8) is 0 Å². The van der Waals surface area contributed by atoms with Gasteiger partial charge in [0.15, 0.2) is 17.0 Å². The van der Waals surface area contributed by atoms with Crippen molar-refractivity contribution < 1.29 is 48.3 Å². The monoisotopic (exact) mass is 603 g/mol. The Bertz CT molecular complexity index is 1540. The number of aromatic nitrogens is 4. The number of nitrogen functional groups attached to an aromatic ring is 1. The Balaban J connectivity index is 1.86. The summed E-state index contributed by atoms with van der Waals surface area (Å²) >= 11 is 0. The zero-order valence-corrected chi connectivity index (χ0v) is 23.5. The van der Waals surface area contributed by atoms with Crippen LogP contribution in [0.1, 0.15) is 38.2 Å². The second-order valence-electron chi connectivity index (χ2n) is 10.3. The van der Waals surface area contributed by atoms with Crippen LogP contribution >= 0.6 is 0 Å². The van der Waals surface area contributed by atoms with E-state index in [1.54, 1.807) is 20.8 Å². The summed E-state index contributed by atoms with van der Waals surface area (Å²) in [5.74, 6) is -4.32. The molecule has 43 heavy (non-hydrogen) atoms. The number of carboxylic acids is 2. The largest absolute Gasteiger partial charge is 0.479 e. The number of amides is 1. The molecule has 0 fully saturated rings. The third-order valence-electron chi connectivity index (χ3n) is 5.98. The van der Waals surface area contributed by atoms with Crippen molar-refractivity contribution in [3.05, 3.63) is 41.7 Å². The number of aliphatic carboxylic acids is 2. The van der Waals surface area contributed by atoms with E-state index in [9.17, 15) is 29.7 Å². The highest BCUT2D eigenvalue weighted by atomic mass is 19.1. The van der Waals surface area contributed by atoms with E-state index >= 15 is 4.39 Å². The lowest BCUT2D eigenvalue weighted by atomic mass is 9.93. The average molecular weight is 604 g/mol. The summed E-state index contributed by atoms with van der Waals surface area (Å²) in [6, 6.07) is 7.47. The Morgan fingerprint density at radius 2 is 1.88 bits per heavy atom. The number of carbonyl (C=O) groups excluding carboxylic acids is 1. The third kappa shape index (κ3) is 7.48. The number of imidazole rings is 1. The molecule has 0 aliphatic rings. The number of carbonyl (C=O) groups is 3. The quantitative estimate of drug-likeness (QED) is 0.185. The number of anilines is 2. The Kier molecular flexibility index (Phi) is 9.81. The molecular formula is C26H30FN7O9. The number of fused-ring (bicyclic) bond motifs is 1. The van der Waals surface area contributed by atoms with E-state index in [0.717, 1.165) is 18.0 Å². The van der Waals surface area contributed by atoms with Crippen molar-refractivity contribution in [2.75, 3.05) is 24.8 Å². The van der Waals surface area contributed by atoms with E-state index < -0.39 is 60.8 Å². The highest BCUT2D eigenvalue weighted by molar-refractivity contribution is 6.02. The number of carboxylic acid groups (broad SMARTS) is 2. The zero-order valence-electron chi connectivity index (χ0n) is 23.5. The molecule has 0 saturated carbocycles. The van der Waals surface area contributed by atoms with E-state index in [4.69, 9.17) is 25.2 Å². The number of alkyl halides is 1. The molecule has 0 spiro atoms. The number of hydrogen-bond donors (Lipinski definition) is 5. The Hall–Kier alpha value is -4.92. The summed E-state index contributed by atoms with van der Waals surface area (Å²) in [4.78, 5) is 48.4. The highest BCUT2D eigenvalue weighted by Gasteiger charge is 2.49. The summed E-state index contributed by atoms with van der Waals surface area (Å²) in [5.41, 5.74) is 2.02. The summed E-state index contributed by atoms with van der Waals surface area (Å²) in [5, 5.41) is 42.0. The van der Waals surface area contributed by atoms with Gasteiger partial charge in [-0.15, -0.1) is 0 Å². The first-order valence-electron chi connectivity index (χ1n) is 12.6. The van der Waals surface area contributed by atoms with Crippen molar-refractivity contribution >= 4 is 41.0 Å². The Morgan fingerprint density at radius 1 is 1.21 bits per heavy atom. The number of ether oxygens (including phenoxy) is 3. The first-order valence-corrected chi connectivity index (χ1v) is 12.6. The number of nitriles is 1. The maximum atomic E-state index is 15.7. The molecule has 2 heterocycles. The second-order valence-corrected chi connectivity index (χ2v) is 10.3. The van der Waals surface area contributed by atoms with Gasteiger partial charge in [0, 0.05) is 13.5 Å². The molecule has 0 aliphatic carbocycles. The molecule has 17 heteroatoms. The van der Waals surface area contributed by atoms with Gasteiger partial charge in [0.1, 0.15) is 17.8 Å². The molecule has 3 atom stereocenters. The number of hydrogen-bond acceptors (Lipinski definition) is 12. The molecule has 0 radical (unpaired) electrons. The van der Waals surface area contributed by atoms with Gasteiger partial charge in [-0.05, 0) is 38.5 Å². The number of methoxy groups -OCH3 is 1. The minimum absolute atomic E-state index is 0.101. The van der Waals surface area contributed by atoms with Crippen LogP contribution in [-0.4, -0.2) is 90.0 Å². The zero-order chi connectivity index (χ0) is 32.1. The maximum absolute atomic E-state index is 15.7. The molecule has 2 aromatic heterocycles. The number of aliphatic hydroxyl groups excluding tert-OH is 1. The number of nitrogens with one attached hydrogen (secondary N) is 1. The summed E-state index contributed by atoms with van der Waals surface area (Å²) in [7, 11) is 1.07. The standard InChI is InChI=1S/C26H30FN7O9/c1-25(2,3)43-24(40)32-19-16-20(33-23(29)31-19)34(12-30-16)18(27)17(35)15(41-4)11-42-26(21(36)37,22(38)39)9-13-6-5-7-14(8-13)10-28/h5-8,12,15,17-18,35H,9,11H2,1-4H3,(H,36,37)(H,38,39)(H3,29,31,32,33,40)/t15-,17-,18-/m1/s1. The fourth-order valence-corrected chi connectivity index (χ4v) is 3.93. The van der Waals surface area contributed by atoms with Gasteiger partial charge in [-0.1, -0.05) is 12.1 Å². The van der Waals surface area contributed by atoms with Gasteiger partial charge in [0.05, 0.1) is 24.6 Å². The van der Waals surface area contributed by atoms with Gasteiger partial charge >= 0.3 is 18.0 Å². The number of benzene rings is 1. The molecule has 230 valence electrons. The Morgan fingerprint density at radius 3 is 2.47 bits per heavy atom. The van der Waals surface area contributed by atoms with Crippen LogP contribution in [0.25, 0.3) is 11.2 Å². The van der Waals surface area contributed by atoms with Gasteiger partial charge in [-0.3, -0.25) is 9.88 Å². The topological polar surface area (TPSA) is 245 Å². The molecule has 1 aromatic carbocycles. The first-order chi connectivity index (χ1) is 20.1. The molecular weight excluding hydrogens is 573 g/mol. The van der Waals surface area contributed by atoms with Gasteiger partial charge in [0.25, 0.3) is 5.60 Å². The van der Waals surface area contributed by atoms with Crippen LogP contribution in [-0.2, 0) is 30.2 Å². The molecule has 0 unspecified atom stereocenters. The predicted octanol–water partition coefficient (Wildman–Crippen LogP) is 1.64. The van der Waals surface area contributed by atoms with Crippen molar-refractivity contribution in [1.82, 2.24) is 19.5 Å². The van der Waals surface area contributed by atoms with E-state index in [0.29, 0.717) is 0 Å². The van der Waals surface area contributed by atoms with E-state index in [-0.39, 0.29) is 34.1 Å². The molecule has 3 aromatic rings. The fraction of sp³-hybridized carbons (Fsp3) is 0.423. The molecule has 6 N–H and O–H groups in total. The lowest BCUT2D eigenvalue weighted by Crippen LogP contribution is -2.53. The molecule has 1 amide bonds. The predicted molar refractivity (Wildman–Crippen MR) is 145 cm³/mol. The van der Waals surface area contributed by atoms with Crippen LogP contribution in [0.3, 0.4) is 0 Å². The van der Waals surface area contributed by atoms with Crippen LogP contribution in [0.15, 0.2) is 30.6 Å². The lowest BCUT2D eigenvalue weighted by Gasteiger charge is -2.30. The van der Waals surface area contributed by atoms with Gasteiger partial charge in [-0.2, -0.15) is 15.2 Å². The second kappa shape index (κ2) is 12.9. The van der Waals surface area contributed by atoms with Crippen LogP contribution in [0.5, 0.6) is 0 Å². The number of halogens is 1. The summed E-state index contributed by atoms with van der Waals surface area (Å²) in [6.07, 6.45) is -6.69. The van der Waals surface area contributed by atoms with Crippen LogP contribution in [0.4, 0.5) is 21.0 Å². The van der Waals surface area contributed by atoms with E-state index in [2.05, 4.69) is 20.3 Å².